The second-order valence-corrected chi connectivity index (χ2v) is 6.38. The van der Waals surface area contributed by atoms with Crippen LogP contribution in [-0.2, 0) is 10.6 Å². The molecule has 104 valence electrons. The maximum Gasteiger partial charge on any atom is 0.101 e. The van der Waals surface area contributed by atoms with Crippen molar-refractivity contribution in [2.45, 2.75) is 30.2 Å². The van der Waals surface area contributed by atoms with Gasteiger partial charge in [-0.2, -0.15) is 0 Å². The lowest BCUT2D eigenvalue weighted by Gasteiger charge is -2.28. The average molecular weight is 285 g/mol. The highest BCUT2D eigenvalue weighted by Gasteiger charge is 2.46. The summed E-state index contributed by atoms with van der Waals surface area (Å²) in [5, 5.41) is 0.199. The quantitative estimate of drug-likeness (QED) is 0.873. The molecule has 0 bridgehead atoms. The molecule has 1 fully saturated rings. The van der Waals surface area contributed by atoms with E-state index in [2.05, 4.69) is 55.5 Å². The van der Waals surface area contributed by atoms with Gasteiger partial charge in [0.15, 0.2) is 0 Å². The number of nitrogens with two attached hydrogens (primary N) is 1. The van der Waals surface area contributed by atoms with E-state index in [1.807, 2.05) is 12.1 Å². The zero-order valence-corrected chi connectivity index (χ0v) is 12.3. The summed E-state index contributed by atoms with van der Waals surface area (Å²) in [6.45, 7) is 2.11. The smallest absolute Gasteiger partial charge is 0.101 e. The van der Waals surface area contributed by atoms with Crippen LogP contribution >= 0.6 is 12.0 Å². The average Bonchev–Trinajstić information content (AvgIpc) is 2.77. The topological polar surface area (TPSA) is 35.2 Å². The van der Waals surface area contributed by atoms with Crippen LogP contribution in [-0.4, -0.2) is 11.6 Å². The third-order valence-corrected chi connectivity index (χ3v) is 5.15. The molecule has 1 saturated heterocycles. The Morgan fingerprint density at radius 1 is 1.05 bits per heavy atom. The second kappa shape index (κ2) is 5.60. The van der Waals surface area contributed by atoms with Gasteiger partial charge in [0.2, 0.25) is 0 Å². The van der Waals surface area contributed by atoms with Crippen molar-refractivity contribution in [3.63, 3.8) is 0 Å². The number of hydrogen-bond donors (Lipinski definition) is 1. The first-order valence-electron chi connectivity index (χ1n) is 6.88. The van der Waals surface area contributed by atoms with E-state index >= 15 is 0 Å². The first-order chi connectivity index (χ1) is 9.69. The normalized spacial score (nSPS) is 29.5. The highest BCUT2D eigenvalue weighted by atomic mass is 32.2. The Morgan fingerprint density at radius 2 is 1.65 bits per heavy atom. The molecule has 1 aliphatic heterocycles. The first kappa shape index (κ1) is 13.7. The summed E-state index contributed by atoms with van der Waals surface area (Å²) < 4.78 is 6.02. The lowest BCUT2D eigenvalue weighted by atomic mass is 9.86. The Morgan fingerprint density at radius 3 is 2.30 bits per heavy atom. The van der Waals surface area contributed by atoms with Gasteiger partial charge >= 0.3 is 0 Å². The van der Waals surface area contributed by atoms with Gasteiger partial charge in [-0.05, 0) is 18.1 Å². The molecular weight excluding hydrogens is 266 g/mol. The number of rotatable bonds is 3. The molecular formula is C17H19NOS. The molecule has 3 heteroatoms. The van der Waals surface area contributed by atoms with E-state index in [1.165, 1.54) is 23.2 Å². The fourth-order valence-corrected chi connectivity index (χ4v) is 3.82. The lowest BCUT2D eigenvalue weighted by molar-refractivity contribution is 0.111. The summed E-state index contributed by atoms with van der Waals surface area (Å²) in [7, 11) is 0. The monoisotopic (exact) mass is 285 g/mol. The van der Waals surface area contributed by atoms with Gasteiger partial charge in [-0.3, -0.25) is 0 Å². The lowest BCUT2D eigenvalue weighted by Crippen LogP contribution is -2.46. The predicted molar refractivity (Wildman–Crippen MR) is 84.4 cm³/mol. The minimum Gasteiger partial charge on any atom is -0.324 e. The van der Waals surface area contributed by atoms with Crippen LogP contribution in [0.25, 0.3) is 0 Å². The summed E-state index contributed by atoms with van der Waals surface area (Å²) in [5.74, 6) is 0. The molecule has 0 aliphatic carbocycles. The maximum atomic E-state index is 6.49. The van der Waals surface area contributed by atoms with Gasteiger partial charge in [-0.15, -0.1) is 0 Å². The summed E-state index contributed by atoms with van der Waals surface area (Å²) >= 11 is 1.50. The van der Waals surface area contributed by atoms with Gasteiger partial charge in [-0.25, -0.2) is 0 Å². The van der Waals surface area contributed by atoms with Gasteiger partial charge in [0.1, 0.15) is 5.60 Å². The minimum absolute atomic E-state index is 0.0184. The second-order valence-electron chi connectivity index (χ2n) is 5.51. The molecule has 0 radical (unpaired) electrons. The zero-order valence-electron chi connectivity index (χ0n) is 11.5. The van der Waals surface area contributed by atoms with E-state index in [-0.39, 0.29) is 16.9 Å². The molecule has 2 nitrogen and oxygen atoms in total. The molecule has 0 saturated carbocycles. The summed E-state index contributed by atoms with van der Waals surface area (Å²) in [4.78, 5) is 0. The van der Waals surface area contributed by atoms with Crippen LogP contribution in [0.5, 0.6) is 0 Å². The molecule has 1 heterocycles. The Balaban J connectivity index is 1.79. The van der Waals surface area contributed by atoms with Crippen molar-refractivity contribution >= 4 is 12.0 Å². The minimum atomic E-state index is -0.327. The largest absolute Gasteiger partial charge is 0.324 e. The molecule has 2 N–H and O–H groups in total. The molecule has 20 heavy (non-hydrogen) atoms. The van der Waals surface area contributed by atoms with Crippen molar-refractivity contribution < 1.29 is 4.18 Å². The molecule has 0 spiro atoms. The van der Waals surface area contributed by atoms with Crippen molar-refractivity contribution in [1.29, 1.82) is 0 Å². The first-order valence-corrected chi connectivity index (χ1v) is 7.68. The van der Waals surface area contributed by atoms with Crippen LogP contribution in [0, 0.1) is 0 Å². The van der Waals surface area contributed by atoms with Gasteiger partial charge in [-0.1, -0.05) is 60.7 Å². The van der Waals surface area contributed by atoms with E-state index in [9.17, 15) is 0 Å². The number of benzene rings is 2. The van der Waals surface area contributed by atoms with E-state index in [1.54, 1.807) is 0 Å². The molecule has 0 aromatic heterocycles. The SMILES string of the molecule is CC1(Cc2ccccc2)OSC(c2ccccc2)C1N. The standard InChI is InChI=1S/C17H19NOS/c1-17(12-13-8-4-2-5-9-13)16(18)15(20-19-17)14-10-6-3-7-11-14/h2-11,15-16H,12,18H2,1H3. The van der Waals surface area contributed by atoms with Gasteiger partial charge in [0.05, 0.1) is 11.3 Å². The van der Waals surface area contributed by atoms with Gasteiger partial charge in [0.25, 0.3) is 0 Å². The maximum absolute atomic E-state index is 6.49. The fraction of sp³-hybridized carbons (Fsp3) is 0.294. The van der Waals surface area contributed by atoms with Gasteiger partial charge in [0, 0.05) is 18.5 Å². The third-order valence-electron chi connectivity index (χ3n) is 3.90. The van der Waals surface area contributed by atoms with Crippen molar-refractivity contribution in [2.24, 2.45) is 5.73 Å². The van der Waals surface area contributed by atoms with Gasteiger partial charge < -0.3 is 9.92 Å². The summed E-state index contributed by atoms with van der Waals surface area (Å²) in [5.41, 5.74) is 8.67. The molecule has 2 aromatic carbocycles. The van der Waals surface area contributed by atoms with Crippen LogP contribution in [0.1, 0.15) is 23.3 Å². The Bertz CT molecular complexity index is 560. The molecule has 3 atom stereocenters. The van der Waals surface area contributed by atoms with E-state index in [0.29, 0.717) is 0 Å². The molecule has 3 unspecified atom stereocenters. The molecule has 3 rings (SSSR count). The Kier molecular flexibility index (Phi) is 3.83. The fourth-order valence-electron chi connectivity index (χ4n) is 2.65. The third kappa shape index (κ3) is 2.62. The van der Waals surface area contributed by atoms with Crippen molar-refractivity contribution in [2.75, 3.05) is 0 Å². The van der Waals surface area contributed by atoms with E-state index < -0.39 is 0 Å². The Labute approximate surface area is 124 Å². The van der Waals surface area contributed by atoms with Crippen molar-refractivity contribution in [1.82, 2.24) is 0 Å². The molecule has 0 amide bonds. The summed E-state index contributed by atoms with van der Waals surface area (Å²) in [6.07, 6.45) is 0.839. The van der Waals surface area contributed by atoms with Crippen molar-refractivity contribution in [3.05, 3.63) is 71.8 Å². The number of hydrogen-bond acceptors (Lipinski definition) is 3. The van der Waals surface area contributed by atoms with Crippen molar-refractivity contribution in [3.8, 4) is 0 Å². The highest BCUT2D eigenvalue weighted by molar-refractivity contribution is 7.95. The van der Waals surface area contributed by atoms with Crippen LogP contribution in [0.15, 0.2) is 60.7 Å². The predicted octanol–water partition coefficient (Wildman–Crippen LogP) is 3.73. The van der Waals surface area contributed by atoms with Crippen LogP contribution in [0.3, 0.4) is 0 Å². The molecule has 1 aliphatic rings. The van der Waals surface area contributed by atoms with E-state index in [4.69, 9.17) is 9.92 Å². The van der Waals surface area contributed by atoms with Crippen LogP contribution in [0.4, 0.5) is 0 Å². The summed E-state index contributed by atoms with van der Waals surface area (Å²) in [6, 6.07) is 20.7. The highest BCUT2D eigenvalue weighted by Crippen LogP contribution is 2.47. The zero-order chi connectivity index (χ0) is 14.0. The Hall–Kier alpha value is -1.29. The van der Waals surface area contributed by atoms with E-state index in [0.717, 1.165) is 6.42 Å². The van der Waals surface area contributed by atoms with Crippen LogP contribution < -0.4 is 5.73 Å². The van der Waals surface area contributed by atoms with Crippen LogP contribution in [0.2, 0.25) is 0 Å². The molecule has 2 aromatic rings.